The maximum atomic E-state index is 12.3. The van der Waals surface area contributed by atoms with Crippen molar-refractivity contribution in [2.75, 3.05) is 19.8 Å². The van der Waals surface area contributed by atoms with Gasteiger partial charge in [0, 0.05) is 13.0 Å². The minimum absolute atomic E-state index is 0.181. The number of aliphatic hydroxyl groups is 1. The first-order valence-electron chi connectivity index (χ1n) is 26.0. The zero-order valence-electron chi connectivity index (χ0n) is 40.0. The summed E-state index contributed by atoms with van der Waals surface area (Å²) in [6.45, 7) is 5.22. The van der Waals surface area contributed by atoms with Gasteiger partial charge in [-0.1, -0.05) is 254 Å². The van der Waals surface area contributed by atoms with E-state index in [1.54, 1.807) is 0 Å². The summed E-state index contributed by atoms with van der Waals surface area (Å²) in [5.74, 6) is -0.205. The minimum atomic E-state index is -0.548. The molecule has 0 radical (unpaired) electrons. The summed E-state index contributed by atoms with van der Waals surface area (Å²) in [7, 11) is 0. The Bertz CT molecular complexity index is 1020. The van der Waals surface area contributed by atoms with Crippen molar-refractivity contribution in [1.29, 1.82) is 0 Å². The van der Waals surface area contributed by atoms with Crippen LogP contribution in [0.5, 0.6) is 0 Å². The smallest absolute Gasteiger partial charge is 0.306 e. The lowest BCUT2D eigenvalue weighted by Gasteiger charge is -2.15. The van der Waals surface area contributed by atoms with Gasteiger partial charge in [0.25, 0.3) is 0 Å². The van der Waals surface area contributed by atoms with Gasteiger partial charge in [-0.05, 0) is 64.2 Å². The molecule has 0 aromatic rings. The standard InChI is InChI=1S/C56H100O4/c1-3-5-7-9-11-13-15-17-19-21-23-25-27-29-31-33-35-37-39-41-43-45-47-49-51-56(58)60-55(53-57)54-59-52-50-48-46-44-42-40-38-36-34-32-30-28-26-24-22-20-18-16-14-12-10-8-6-4-2/h6,8,12,14,18,20,24,26,30,32,36,38,55,57H,3-5,7,9-11,13,15-17,19,21-23,25,27-29,31,33-35,37,39-54H2,1-2H3/b8-6-,14-12-,20-18-,26-24-,32-30-,38-36-. The number of allylic oxidation sites excluding steroid dienone is 12. The number of ether oxygens (including phenoxy) is 2. The Morgan fingerprint density at radius 1 is 0.417 bits per heavy atom. The third-order valence-corrected chi connectivity index (χ3v) is 11.3. The number of esters is 1. The molecule has 0 aliphatic rings. The second-order valence-corrected chi connectivity index (χ2v) is 17.2. The van der Waals surface area contributed by atoms with E-state index in [1.807, 2.05) is 0 Å². The SMILES string of the molecule is CC/C=C\C/C=C\C/C=C\C/C=C\C/C=C\C/C=C\CCCCCCCOCC(CO)OC(=O)CCCCCCCCCCCCCCCCCCCCCCCCCC. The molecule has 0 saturated carbocycles. The van der Waals surface area contributed by atoms with Gasteiger partial charge in [-0.2, -0.15) is 0 Å². The van der Waals surface area contributed by atoms with Crippen LogP contribution in [0, 0.1) is 0 Å². The molecule has 0 fully saturated rings. The average Bonchev–Trinajstić information content (AvgIpc) is 3.25. The molecule has 0 aliphatic carbocycles. The summed E-state index contributed by atoms with van der Waals surface area (Å²) in [6.07, 6.45) is 72.8. The predicted octanol–water partition coefficient (Wildman–Crippen LogP) is 17.7. The Labute approximate surface area is 374 Å². The lowest BCUT2D eigenvalue weighted by molar-refractivity contribution is -0.154. The zero-order valence-corrected chi connectivity index (χ0v) is 40.0. The van der Waals surface area contributed by atoms with Crippen LogP contribution < -0.4 is 0 Å². The van der Waals surface area contributed by atoms with E-state index < -0.39 is 6.10 Å². The van der Waals surface area contributed by atoms with Gasteiger partial charge in [0.2, 0.25) is 0 Å². The fourth-order valence-electron chi connectivity index (χ4n) is 7.45. The molecule has 0 aromatic carbocycles. The number of carbonyl (C=O) groups is 1. The van der Waals surface area contributed by atoms with E-state index in [4.69, 9.17) is 9.47 Å². The van der Waals surface area contributed by atoms with Crippen LogP contribution in [-0.2, 0) is 14.3 Å². The highest BCUT2D eigenvalue weighted by Crippen LogP contribution is 2.16. The zero-order chi connectivity index (χ0) is 43.3. The normalized spacial score (nSPS) is 12.9. The molecule has 1 N–H and O–H groups in total. The van der Waals surface area contributed by atoms with Crippen molar-refractivity contribution in [1.82, 2.24) is 0 Å². The summed E-state index contributed by atoms with van der Waals surface area (Å²) in [6, 6.07) is 0. The number of hydrogen-bond acceptors (Lipinski definition) is 4. The maximum absolute atomic E-state index is 12.3. The molecule has 4 heteroatoms. The number of rotatable bonds is 48. The van der Waals surface area contributed by atoms with Gasteiger partial charge in [-0.15, -0.1) is 0 Å². The van der Waals surface area contributed by atoms with Gasteiger partial charge in [0.05, 0.1) is 13.2 Å². The number of carbonyl (C=O) groups excluding carboxylic acids is 1. The van der Waals surface area contributed by atoms with E-state index >= 15 is 0 Å². The van der Waals surface area contributed by atoms with E-state index in [0.29, 0.717) is 13.0 Å². The van der Waals surface area contributed by atoms with Crippen LogP contribution in [0.4, 0.5) is 0 Å². The van der Waals surface area contributed by atoms with Crippen LogP contribution in [0.2, 0.25) is 0 Å². The third-order valence-electron chi connectivity index (χ3n) is 11.3. The number of unbranched alkanes of at least 4 members (excludes halogenated alkanes) is 28. The summed E-state index contributed by atoms with van der Waals surface area (Å²) >= 11 is 0. The molecule has 0 heterocycles. The van der Waals surface area contributed by atoms with Crippen molar-refractivity contribution >= 4 is 5.97 Å². The highest BCUT2D eigenvalue weighted by Gasteiger charge is 2.13. The van der Waals surface area contributed by atoms with Crippen molar-refractivity contribution < 1.29 is 19.4 Å². The van der Waals surface area contributed by atoms with Crippen LogP contribution in [-0.4, -0.2) is 37.0 Å². The molecular weight excluding hydrogens is 737 g/mol. The molecule has 0 aromatic heterocycles. The van der Waals surface area contributed by atoms with Crippen LogP contribution in [0.15, 0.2) is 72.9 Å². The largest absolute Gasteiger partial charge is 0.457 e. The topological polar surface area (TPSA) is 55.8 Å². The van der Waals surface area contributed by atoms with E-state index in [0.717, 1.165) is 70.6 Å². The Kier molecular flexibility index (Phi) is 51.1. The van der Waals surface area contributed by atoms with Gasteiger partial charge in [0.1, 0.15) is 6.10 Å². The van der Waals surface area contributed by atoms with Crippen LogP contribution in [0.1, 0.15) is 251 Å². The summed E-state index contributed by atoms with van der Waals surface area (Å²) < 4.78 is 11.2. The third kappa shape index (κ3) is 50.2. The van der Waals surface area contributed by atoms with Crippen molar-refractivity contribution in [2.24, 2.45) is 0 Å². The van der Waals surface area contributed by atoms with Crippen molar-refractivity contribution in [3.8, 4) is 0 Å². The highest BCUT2D eigenvalue weighted by atomic mass is 16.6. The predicted molar refractivity (Wildman–Crippen MR) is 265 cm³/mol. The number of hydrogen-bond donors (Lipinski definition) is 1. The van der Waals surface area contributed by atoms with Crippen LogP contribution in [0.3, 0.4) is 0 Å². The molecule has 0 bridgehead atoms. The molecule has 1 atom stereocenters. The molecule has 0 spiro atoms. The van der Waals surface area contributed by atoms with Crippen LogP contribution in [0.25, 0.3) is 0 Å². The molecular formula is C56H100O4. The molecule has 1 unspecified atom stereocenters. The van der Waals surface area contributed by atoms with E-state index in [9.17, 15) is 9.90 Å². The van der Waals surface area contributed by atoms with Gasteiger partial charge in [-0.3, -0.25) is 4.79 Å². The van der Waals surface area contributed by atoms with Gasteiger partial charge in [-0.25, -0.2) is 0 Å². The first-order valence-corrected chi connectivity index (χ1v) is 26.0. The Morgan fingerprint density at radius 2 is 0.750 bits per heavy atom. The molecule has 0 rings (SSSR count). The Balaban J connectivity index is 3.45. The van der Waals surface area contributed by atoms with E-state index in [2.05, 4.69) is 86.8 Å². The van der Waals surface area contributed by atoms with Crippen molar-refractivity contribution in [2.45, 2.75) is 258 Å². The molecule has 0 aliphatic heterocycles. The molecule has 348 valence electrons. The second-order valence-electron chi connectivity index (χ2n) is 17.2. The lowest BCUT2D eigenvalue weighted by atomic mass is 10.0. The monoisotopic (exact) mass is 837 g/mol. The molecule has 60 heavy (non-hydrogen) atoms. The molecule has 4 nitrogen and oxygen atoms in total. The maximum Gasteiger partial charge on any atom is 0.306 e. The Hall–Kier alpha value is -2.17. The quantitative estimate of drug-likeness (QED) is 0.0377. The first-order chi connectivity index (χ1) is 29.7. The fraction of sp³-hybridized carbons (Fsp3) is 0.768. The number of aliphatic hydroxyl groups excluding tert-OH is 1. The lowest BCUT2D eigenvalue weighted by Crippen LogP contribution is -2.27. The summed E-state index contributed by atoms with van der Waals surface area (Å²) in [5, 5.41) is 9.66. The average molecular weight is 837 g/mol. The van der Waals surface area contributed by atoms with Crippen LogP contribution >= 0.6 is 0 Å². The fourth-order valence-corrected chi connectivity index (χ4v) is 7.45. The second kappa shape index (κ2) is 53.0. The van der Waals surface area contributed by atoms with E-state index in [1.165, 1.54) is 161 Å². The highest BCUT2D eigenvalue weighted by molar-refractivity contribution is 5.69. The van der Waals surface area contributed by atoms with Crippen molar-refractivity contribution in [3.63, 3.8) is 0 Å². The van der Waals surface area contributed by atoms with Gasteiger partial charge < -0.3 is 14.6 Å². The summed E-state index contributed by atoms with van der Waals surface area (Å²) in [5.41, 5.74) is 0. The molecule has 0 saturated heterocycles. The summed E-state index contributed by atoms with van der Waals surface area (Å²) in [4.78, 5) is 12.3. The first kappa shape index (κ1) is 57.8. The molecule has 0 amide bonds. The van der Waals surface area contributed by atoms with E-state index in [-0.39, 0.29) is 19.2 Å². The Morgan fingerprint density at radius 3 is 1.13 bits per heavy atom. The minimum Gasteiger partial charge on any atom is -0.457 e. The van der Waals surface area contributed by atoms with Crippen molar-refractivity contribution in [3.05, 3.63) is 72.9 Å². The van der Waals surface area contributed by atoms with Gasteiger partial charge >= 0.3 is 5.97 Å². The van der Waals surface area contributed by atoms with Gasteiger partial charge in [0.15, 0.2) is 0 Å².